The molecule has 0 spiro atoms. The van der Waals surface area contributed by atoms with Crippen molar-refractivity contribution in [3.63, 3.8) is 0 Å². The molecule has 1 nitrogen and oxygen atoms in total. The number of unbranched alkanes of at least 4 members (excludes halogenated alkanes) is 3. The number of aryl methyl sites for hydroxylation is 1. The summed E-state index contributed by atoms with van der Waals surface area (Å²) < 4.78 is 0. The van der Waals surface area contributed by atoms with E-state index in [0.29, 0.717) is 6.04 Å². The SMILES string of the molecule is CCCCCCc1ccc(C2CCC(C3CCC(C(N)CC)CC3)CC2)cc1. The smallest absolute Gasteiger partial charge is 0.00645 e. The summed E-state index contributed by atoms with van der Waals surface area (Å²) in [5.74, 6) is 3.60. The largest absolute Gasteiger partial charge is 0.327 e. The lowest BCUT2D eigenvalue weighted by atomic mass is 9.67. The molecule has 1 atom stereocenters. The van der Waals surface area contributed by atoms with Crippen LogP contribution in [0.3, 0.4) is 0 Å². The summed E-state index contributed by atoms with van der Waals surface area (Å²) in [5.41, 5.74) is 9.45. The Morgan fingerprint density at radius 2 is 1.39 bits per heavy atom. The van der Waals surface area contributed by atoms with Crippen molar-refractivity contribution in [3.8, 4) is 0 Å². The van der Waals surface area contributed by atoms with E-state index in [9.17, 15) is 0 Å². The van der Waals surface area contributed by atoms with E-state index in [1.165, 1.54) is 89.0 Å². The molecular weight excluding hydrogens is 338 g/mol. The first kappa shape index (κ1) is 21.9. The van der Waals surface area contributed by atoms with Gasteiger partial charge in [-0.15, -0.1) is 0 Å². The van der Waals surface area contributed by atoms with Gasteiger partial charge in [-0.25, -0.2) is 0 Å². The summed E-state index contributed by atoms with van der Waals surface area (Å²) in [4.78, 5) is 0. The van der Waals surface area contributed by atoms with Crippen molar-refractivity contribution in [2.75, 3.05) is 0 Å². The zero-order valence-electron chi connectivity index (χ0n) is 18.7. The molecule has 28 heavy (non-hydrogen) atoms. The van der Waals surface area contributed by atoms with Crippen LogP contribution in [0, 0.1) is 17.8 Å². The second-order valence-corrected chi connectivity index (χ2v) is 9.91. The van der Waals surface area contributed by atoms with E-state index in [1.807, 2.05) is 0 Å². The van der Waals surface area contributed by atoms with Crippen molar-refractivity contribution in [2.45, 2.75) is 116 Å². The highest BCUT2D eigenvalue weighted by molar-refractivity contribution is 5.26. The van der Waals surface area contributed by atoms with Crippen molar-refractivity contribution < 1.29 is 0 Å². The molecule has 0 heterocycles. The maximum absolute atomic E-state index is 6.31. The van der Waals surface area contributed by atoms with E-state index in [-0.39, 0.29) is 0 Å². The standard InChI is InChI=1S/C27H45N/c1-3-5-6-7-8-21-9-11-22(12-10-21)23-13-15-24(16-14-23)25-17-19-26(20-18-25)27(28)4-2/h9-12,23-27H,3-8,13-20,28H2,1-2H3. The van der Waals surface area contributed by atoms with E-state index in [0.717, 1.165) is 30.1 Å². The third-order valence-electron chi connectivity index (χ3n) is 8.10. The average molecular weight is 384 g/mol. The molecule has 3 rings (SSSR count). The summed E-state index contributed by atoms with van der Waals surface area (Å²) in [6.07, 6.45) is 19.3. The van der Waals surface area contributed by atoms with Gasteiger partial charge in [0.15, 0.2) is 0 Å². The molecule has 1 unspecified atom stereocenters. The normalized spacial score (nSPS) is 29.5. The Hall–Kier alpha value is -0.820. The number of hydrogen-bond donors (Lipinski definition) is 1. The minimum Gasteiger partial charge on any atom is -0.327 e. The van der Waals surface area contributed by atoms with Gasteiger partial charge in [-0.1, -0.05) is 57.4 Å². The van der Waals surface area contributed by atoms with Gasteiger partial charge in [-0.05, 0) is 105 Å². The highest BCUT2D eigenvalue weighted by Gasteiger charge is 2.32. The molecule has 2 N–H and O–H groups in total. The van der Waals surface area contributed by atoms with Gasteiger partial charge in [-0.3, -0.25) is 0 Å². The van der Waals surface area contributed by atoms with Crippen LogP contribution in [0.4, 0.5) is 0 Å². The molecule has 0 bridgehead atoms. The molecule has 0 aliphatic heterocycles. The lowest BCUT2D eigenvalue weighted by molar-refractivity contribution is 0.149. The average Bonchev–Trinajstić information content (AvgIpc) is 2.77. The van der Waals surface area contributed by atoms with Crippen LogP contribution in [-0.2, 0) is 6.42 Å². The Balaban J connectivity index is 1.40. The second kappa shape index (κ2) is 11.4. The molecule has 2 fully saturated rings. The Bertz CT molecular complexity index is 532. The van der Waals surface area contributed by atoms with Crippen molar-refractivity contribution >= 4 is 0 Å². The van der Waals surface area contributed by atoms with Crippen LogP contribution in [0.5, 0.6) is 0 Å². The van der Waals surface area contributed by atoms with Gasteiger partial charge in [-0.2, -0.15) is 0 Å². The third kappa shape index (κ3) is 6.09. The Kier molecular flexibility index (Phi) is 8.90. The van der Waals surface area contributed by atoms with Gasteiger partial charge in [0, 0.05) is 6.04 Å². The number of benzene rings is 1. The molecule has 1 aromatic carbocycles. The monoisotopic (exact) mass is 383 g/mol. The van der Waals surface area contributed by atoms with Crippen LogP contribution in [-0.4, -0.2) is 6.04 Å². The summed E-state index contributed by atoms with van der Waals surface area (Å²) >= 11 is 0. The fourth-order valence-electron chi connectivity index (χ4n) is 6.01. The summed E-state index contributed by atoms with van der Waals surface area (Å²) in [6.45, 7) is 4.54. The summed E-state index contributed by atoms with van der Waals surface area (Å²) in [6, 6.07) is 10.2. The molecular formula is C27H45N. The molecule has 158 valence electrons. The number of rotatable bonds is 9. The topological polar surface area (TPSA) is 26.0 Å². The molecule has 0 saturated heterocycles. The maximum Gasteiger partial charge on any atom is 0.00645 e. The lowest BCUT2D eigenvalue weighted by Gasteiger charge is -2.39. The first-order valence-corrected chi connectivity index (χ1v) is 12.6. The fourth-order valence-corrected chi connectivity index (χ4v) is 6.01. The van der Waals surface area contributed by atoms with Gasteiger partial charge in [0.05, 0.1) is 0 Å². The quantitative estimate of drug-likeness (QED) is 0.436. The lowest BCUT2D eigenvalue weighted by Crippen LogP contribution is -2.34. The molecule has 2 aliphatic carbocycles. The van der Waals surface area contributed by atoms with Crippen molar-refractivity contribution in [1.29, 1.82) is 0 Å². The highest BCUT2D eigenvalue weighted by atomic mass is 14.6. The predicted molar refractivity (Wildman–Crippen MR) is 123 cm³/mol. The van der Waals surface area contributed by atoms with E-state index < -0.39 is 0 Å². The zero-order valence-corrected chi connectivity index (χ0v) is 18.7. The second-order valence-electron chi connectivity index (χ2n) is 9.91. The molecule has 1 aromatic rings. The van der Waals surface area contributed by atoms with Crippen LogP contribution in [0.1, 0.15) is 114 Å². The number of nitrogens with two attached hydrogens (primary N) is 1. The molecule has 2 aliphatic rings. The van der Waals surface area contributed by atoms with Crippen molar-refractivity contribution in [3.05, 3.63) is 35.4 Å². The van der Waals surface area contributed by atoms with E-state index in [2.05, 4.69) is 38.1 Å². The first-order valence-electron chi connectivity index (χ1n) is 12.6. The van der Waals surface area contributed by atoms with Gasteiger partial charge >= 0.3 is 0 Å². The Morgan fingerprint density at radius 1 is 0.786 bits per heavy atom. The van der Waals surface area contributed by atoms with Crippen LogP contribution in [0.25, 0.3) is 0 Å². The fraction of sp³-hybridized carbons (Fsp3) is 0.778. The van der Waals surface area contributed by atoms with Crippen molar-refractivity contribution in [2.24, 2.45) is 23.5 Å². The molecule has 0 radical (unpaired) electrons. The molecule has 0 aromatic heterocycles. The molecule has 0 amide bonds. The van der Waals surface area contributed by atoms with Crippen molar-refractivity contribution in [1.82, 2.24) is 0 Å². The first-order chi connectivity index (χ1) is 13.7. The van der Waals surface area contributed by atoms with Gasteiger partial charge < -0.3 is 5.73 Å². The van der Waals surface area contributed by atoms with Gasteiger partial charge in [0.2, 0.25) is 0 Å². The molecule has 1 heteroatoms. The van der Waals surface area contributed by atoms with E-state index in [1.54, 1.807) is 5.56 Å². The minimum atomic E-state index is 0.450. The van der Waals surface area contributed by atoms with Gasteiger partial charge in [0.1, 0.15) is 0 Å². The van der Waals surface area contributed by atoms with Crippen LogP contribution in [0.2, 0.25) is 0 Å². The predicted octanol–water partition coefficient (Wildman–Crippen LogP) is 7.63. The van der Waals surface area contributed by atoms with Crippen LogP contribution in [0.15, 0.2) is 24.3 Å². The van der Waals surface area contributed by atoms with Gasteiger partial charge in [0.25, 0.3) is 0 Å². The summed E-state index contributed by atoms with van der Waals surface area (Å²) in [7, 11) is 0. The summed E-state index contributed by atoms with van der Waals surface area (Å²) in [5, 5.41) is 0. The molecule has 2 saturated carbocycles. The van der Waals surface area contributed by atoms with E-state index in [4.69, 9.17) is 5.73 Å². The Labute approximate surface area is 174 Å². The highest BCUT2D eigenvalue weighted by Crippen LogP contribution is 2.44. The number of hydrogen-bond acceptors (Lipinski definition) is 1. The third-order valence-corrected chi connectivity index (χ3v) is 8.10. The van der Waals surface area contributed by atoms with Crippen LogP contribution < -0.4 is 5.73 Å². The maximum atomic E-state index is 6.31. The Morgan fingerprint density at radius 3 is 1.96 bits per heavy atom. The zero-order chi connectivity index (χ0) is 19.8. The minimum absolute atomic E-state index is 0.450. The van der Waals surface area contributed by atoms with E-state index >= 15 is 0 Å². The van der Waals surface area contributed by atoms with Crippen LogP contribution >= 0.6 is 0 Å².